The van der Waals surface area contributed by atoms with Gasteiger partial charge in [0.2, 0.25) is 5.95 Å². The summed E-state index contributed by atoms with van der Waals surface area (Å²) in [7, 11) is -1.36. The zero-order valence-electron chi connectivity index (χ0n) is 28.9. The molecule has 3 heterocycles. The van der Waals surface area contributed by atoms with Gasteiger partial charge in [0.05, 0.1) is 16.8 Å². The Morgan fingerprint density at radius 2 is 1.87 bits per heavy atom. The number of hydrogen-bond acceptors (Lipinski definition) is 7. The average molecular weight is 678 g/mol. The number of carbonyl (C=O) groups is 1. The zero-order valence-corrected chi connectivity index (χ0v) is 29.9. The van der Waals surface area contributed by atoms with Gasteiger partial charge in [-0.05, 0) is 71.9 Å². The van der Waals surface area contributed by atoms with E-state index in [2.05, 4.69) is 34.9 Å². The van der Waals surface area contributed by atoms with E-state index in [0.29, 0.717) is 56.3 Å². The Morgan fingerprint density at radius 1 is 1.15 bits per heavy atom. The molecule has 0 aliphatic carbocycles. The highest BCUT2D eigenvalue weighted by Gasteiger charge is 2.37. The van der Waals surface area contributed by atoms with E-state index >= 15 is 0 Å². The lowest BCUT2D eigenvalue weighted by atomic mass is 9.96. The minimum atomic E-state index is -4.70. The van der Waals surface area contributed by atoms with E-state index in [4.69, 9.17) is 9.47 Å². The van der Waals surface area contributed by atoms with E-state index in [1.807, 2.05) is 16.7 Å². The van der Waals surface area contributed by atoms with Crippen molar-refractivity contribution >= 4 is 31.0 Å². The molecule has 1 saturated heterocycles. The van der Waals surface area contributed by atoms with Crippen LogP contribution in [0.1, 0.15) is 65.0 Å². The van der Waals surface area contributed by atoms with E-state index in [0.717, 1.165) is 23.3 Å². The number of halogens is 3. The highest BCUT2D eigenvalue weighted by atomic mass is 28.3. The Bertz CT molecular complexity index is 1540. The molecule has 1 aliphatic heterocycles. The first-order chi connectivity index (χ1) is 21.7. The molecule has 2 N–H and O–H groups in total. The second-order valence-electron chi connectivity index (χ2n) is 15.3. The van der Waals surface area contributed by atoms with Crippen LogP contribution in [0, 0.1) is 0 Å². The lowest BCUT2D eigenvalue weighted by Crippen LogP contribution is -2.47. The number of likely N-dealkylation sites (tertiary alicyclic amines) is 1. The fourth-order valence-electron chi connectivity index (χ4n) is 5.55. The van der Waals surface area contributed by atoms with Gasteiger partial charge in [0.15, 0.2) is 0 Å². The number of aryl methyl sites for hydroxylation is 1. The van der Waals surface area contributed by atoms with Crippen LogP contribution in [0.3, 0.4) is 0 Å². The van der Waals surface area contributed by atoms with Crippen molar-refractivity contribution in [3.63, 3.8) is 0 Å². The molecule has 47 heavy (non-hydrogen) atoms. The number of aromatic nitrogens is 3. The van der Waals surface area contributed by atoms with Gasteiger partial charge < -0.3 is 29.4 Å². The molecule has 13 heteroatoms. The smallest absolute Gasteiger partial charge is 0.419 e. The molecule has 0 saturated carbocycles. The number of rotatable bonds is 11. The Hall–Kier alpha value is -3.16. The Balaban J connectivity index is 1.72. The van der Waals surface area contributed by atoms with Gasteiger partial charge in [-0.3, -0.25) is 0 Å². The molecule has 0 bridgehead atoms. The summed E-state index contributed by atoms with van der Waals surface area (Å²) in [6, 6.07) is 6.24. The molecule has 1 atom stereocenters. The van der Waals surface area contributed by atoms with Crippen LogP contribution in [0.5, 0.6) is 0 Å². The monoisotopic (exact) mass is 677 g/mol. The molecule has 2 aromatic heterocycles. The van der Waals surface area contributed by atoms with Crippen LogP contribution in [-0.4, -0.2) is 75.6 Å². The SMILES string of the molecule is CC(C)(O)CCc1cccc2c(-c3nc(N[C@H]4CCCN(C(=O)OC(C)(C)C)C4)ncc3C(F)(F)F)cn(COCC[Si](C)(C)C)c12. The number of fused-ring (bicyclic) bond motifs is 1. The number of hydrogen-bond donors (Lipinski definition) is 2. The summed E-state index contributed by atoms with van der Waals surface area (Å²) in [5.74, 6) is 0.0505. The Labute approximate surface area is 276 Å². The number of nitrogens with zero attached hydrogens (tertiary/aromatic N) is 4. The van der Waals surface area contributed by atoms with Crippen molar-refractivity contribution in [3.8, 4) is 11.3 Å². The highest BCUT2D eigenvalue weighted by molar-refractivity contribution is 6.76. The number of piperidine rings is 1. The van der Waals surface area contributed by atoms with Crippen LogP contribution >= 0.6 is 0 Å². The third kappa shape index (κ3) is 10.4. The van der Waals surface area contributed by atoms with E-state index in [9.17, 15) is 23.1 Å². The summed E-state index contributed by atoms with van der Waals surface area (Å²) < 4.78 is 56.9. The standard InChI is InChI=1S/C34H50F3N5O4Si/c1-32(2,3)46-31(43)41-16-10-12-24(20-41)39-30-38-19-27(34(35,36)37)28(40-30)26-21-42(22-45-17-18-47(6,7)8)29-23(11-9-13-25(26)29)14-15-33(4,5)44/h9,11,13,19,21,24,44H,10,12,14-18,20,22H2,1-8H3,(H,38,39,40)/t24-/m0/s1. The first-order valence-electron chi connectivity index (χ1n) is 16.3. The van der Waals surface area contributed by atoms with Crippen molar-refractivity contribution in [2.75, 3.05) is 25.0 Å². The predicted molar refractivity (Wildman–Crippen MR) is 181 cm³/mol. The minimum Gasteiger partial charge on any atom is -0.444 e. The van der Waals surface area contributed by atoms with Crippen molar-refractivity contribution in [2.24, 2.45) is 0 Å². The summed E-state index contributed by atoms with van der Waals surface area (Å²) in [5, 5.41) is 14.2. The molecule has 1 aromatic carbocycles. The molecular formula is C34H50F3N5O4Si. The Morgan fingerprint density at radius 3 is 2.51 bits per heavy atom. The summed E-state index contributed by atoms with van der Waals surface area (Å²) >= 11 is 0. The van der Waals surface area contributed by atoms with Gasteiger partial charge in [0.25, 0.3) is 0 Å². The predicted octanol–water partition coefficient (Wildman–Crippen LogP) is 7.94. The number of benzene rings is 1. The molecule has 1 fully saturated rings. The van der Waals surface area contributed by atoms with Crippen molar-refractivity contribution in [2.45, 2.75) is 116 Å². The van der Waals surface area contributed by atoms with Crippen molar-refractivity contribution in [1.29, 1.82) is 0 Å². The van der Waals surface area contributed by atoms with Crippen LogP contribution in [0.2, 0.25) is 25.7 Å². The molecule has 0 radical (unpaired) electrons. The van der Waals surface area contributed by atoms with Crippen LogP contribution in [-0.2, 0) is 28.8 Å². The maximum atomic E-state index is 14.5. The molecule has 1 amide bonds. The van der Waals surface area contributed by atoms with Gasteiger partial charge >= 0.3 is 12.3 Å². The quantitative estimate of drug-likeness (QED) is 0.157. The fraction of sp³-hybridized carbons (Fsp3) is 0.618. The number of carbonyl (C=O) groups excluding carboxylic acids is 1. The topological polar surface area (TPSA) is 102 Å². The molecular weight excluding hydrogens is 627 g/mol. The first kappa shape index (κ1) is 36.7. The third-order valence-electron chi connectivity index (χ3n) is 7.97. The molecule has 3 aromatic rings. The maximum absolute atomic E-state index is 14.5. The van der Waals surface area contributed by atoms with Gasteiger partial charge in [0, 0.05) is 57.2 Å². The van der Waals surface area contributed by atoms with Crippen molar-refractivity contribution < 1.29 is 32.5 Å². The van der Waals surface area contributed by atoms with Gasteiger partial charge in [-0.1, -0.05) is 37.8 Å². The molecule has 0 unspecified atom stereocenters. The lowest BCUT2D eigenvalue weighted by molar-refractivity contribution is -0.137. The maximum Gasteiger partial charge on any atom is 0.419 e. The van der Waals surface area contributed by atoms with E-state index < -0.39 is 37.1 Å². The number of nitrogens with one attached hydrogen (secondary N) is 1. The highest BCUT2D eigenvalue weighted by Crippen LogP contribution is 2.40. The zero-order chi connectivity index (χ0) is 34.8. The molecule has 4 rings (SSSR count). The van der Waals surface area contributed by atoms with E-state index in [1.54, 1.807) is 51.8 Å². The number of para-hydroxylation sites is 1. The van der Waals surface area contributed by atoms with Gasteiger partial charge in [-0.25, -0.2) is 14.8 Å². The minimum absolute atomic E-state index is 0.0505. The molecule has 9 nitrogen and oxygen atoms in total. The van der Waals surface area contributed by atoms with Gasteiger partial charge in [-0.2, -0.15) is 13.2 Å². The van der Waals surface area contributed by atoms with Gasteiger partial charge in [-0.15, -0.1) is 0 Å². The molecule has 0 spiro atoms. The fourth-order valence-corrected chi connectivity index (χ4v) is 6.30. The van der Waals surface area contributed by atoms with Crippen LogP contribution < -0.4 is 5.32 Å². The van der Waals surface area contributed by atoms with Gasteiger partial charge in [0.1, 0.15) is 17.9 Å². The second-order valence-corrected chi connectivity index (χ2v) is 21.0. The van der Waals surface area contributed by atoms with Crippen LogP contribution in [0.25, 0.3) is 22.2 Å². The van der Waals surface area contributed by atoms with E-state index in [1.165, 1.54) is 0 Å². The van der Waals surface area contributed by atoms with Crippen LogP contribution in [0.4, 0.5) is 23.9 Å². The molecule has 1 aliphatic rings. The second kappa shape index (κ2) is 14.1. The number of aliphatic hydroxyl groups is 1. The third-order valence-corrected chi connectivity index (χ3v) is 9.67. The van der Waals surface area contributed by atoms with Crippen molar-refractivity contribution in [3.05, 3.63) is 41.7 Å². The number of ether oxygens (including phenoxy) is 2. The average Bonchev–Trinajstić information content (AvgIpc) is 3.31. The van der Waals surface area contributed by atoms with Crippen molar-refractivity contribution in [1.82, 2.24) is 19.4 Å². The summed E-state index contributed by atoms with van der Waals surface area (Å²) in [6.45, 7) is 17.2. The van der Waals surface area contributed by atoms with E-state index in [-0.39, 0.29) is 24.4 Å². The van der Waals surface area contributed by atoms with Crippen LogP contribution in [0.15, 0.2) is 30.6 Å². The first-order valence-corrected chi connectivity index (χ1v) is 20.0. The number of alkyl halides is 3. The molecule has 260 valence electrons. The lowest BCUT2D eigenvalue weighted by Gasteiger charge is -2.34. The largest absolute Gasteiger partial charge is 0.444 e. The normalized spacial score (nSPS) is 16.5. The summed E-state index contributed by atoms with van der Waals surface area (Å²) in [4.78, 5) is 22.8. The summed E-state index contributed by atoms with van der Waals surface area (Å²) in [5.41, 5.74) is -0.768. The number of amides is 1. The summed E-state index contributed by atoms with van der Waals surface area (Å²) in [6.07, 6.45) is -0.242. The number of anilines is 1. The Kier molecular flexibility index (Phi) is 11.0.